The number of rotatable bonds is 5. The van der Waals surface area contributed by atoms with E-state index < -0.39 is 15.8 Å². The quantitative estimate of drug-likeness (QED) is 0.460. The number of fused-ring (bicyclic) bond motifs is 1. The highest BCUT2D eigenvalue weighted by molar-refractivity contribution is 7.92. The summed E-state index contributed by atoms with van der Waals surface area (Å²) < 4.78 is 32.7. The maximum atomic E-state index is 12.6. The molecule has 0 saturated heterocycles. The van der Waals surface area contributed by atoms with Gasteiger partial charge in [0.2, 0.25) is 5.95 Å². The fourth-order valence-electron chi connectivity index (χ4n) is 2.84. The van der Waals surface area contributed by atoms with Crippen LogP contribution in [0.4, 0.5) is 17.3 Å². The molecule has 0 aliphatic heterocycles. The molecule has 29 heavy (non-hydrogen) atoms. The average molecular weight is 411 g/mol. The lowest BCUT2D eigenvalue weighted by atomic mass is 10.3. The van der Waals surface area contributed by atoms with E-state index in [1.165, 1.54) is 18.2 Å². The Labute approximate surface area is 165 Å². The summed E-state index contributed by atoms with van der Waals surface area (Å²) in [7, 11) is -3.85. The number of sulfonamides is 1. The average Bonchev–Trinajstić information content (AvgIpc) is 3.01. The van der Waals surface area contributed by atoms with Gasteiger partial charge in [0.1, 0.15) is 0 Å². The lowest BCUT2D eigenvalue weighted by Crippen LogP contribution is -2.12. The zero-order chi connectivity index (χ0) is 20.6. The minimum absolute atomic E-state index is 0.0152. The number of nitrogens with zero attached hydrogens (tertiary/aromatic N) is 2. The summed E-state index contributed by atoms with van der Waals surface area (Å²) in [5.74, 6) is -0.171. The van der Waals surface area contributed by atoms with Crippen LogP contribution in [0.3, 0.4) is 0 Å². The summed E-state index contributed by atoms with van der Waals surface area (Å²) in [4.78, 5) is 22.3. The normalized spacial score (nSPS) is 11.5. The fourth-order valence-corrected chi connectivity index (χ4v) is 3.91. The van der Waals surface area contributed by atoms with Gasteiger partial charge in [-0.25, -0.2) is 23.2 Å². The smallest absolute Gasteiger partial charge is 0.408 e. The number of aryl methyl sites for hydroxylation is 2. The molecule has 0 aliphatic rings. The van der Waals surface area contributed by atoms with Gasteiger partial charge in [0, 0.05) is 28.8 Å². The van der Waals surface area contributed by atoms with Gasteiger partial charge in [-0.15, -0.1) is 0 Å². The van der Waals surface area contributed by atoms with Crippen LogP contribution in [0.2, 0.25) is 0 Å². The van der Waals surface area contributed by atoms with Gasteiger partial charge in [0.15, 0.2) is 5.58 Å². The molecule has 0 unspecified atom stereocenters. The van der Waals surface area contributed by atoms with Crippen LogP contribution in [-0.2, 0) is 10.0 Å². The molecule has 4 rings (SSSR count). The Morgan fingerprint density at radius 3 is 2.28 bits per heavy atom. The molecule has 9 nitrogen and oxygen atoms in total. The van der Waals surface area contributed by atoms with Crippen LogP contribution in [0.1, 0.15) is 11.4 Å². The molecular weight excluding hydrogens is 394 g/mol. The van der Waals surface area contributed by atoms with Crippen molar-refractivity contribution in [3.05, 3.63) is 70.5 Å². The van der Waals surface area contributed by atoms with Crippen molar-refractivity contribution in [3.63, 3.8) is 0 Å². The van der Waals surface area contributed by atoms with Gasteiger partial charge < -0.3 is 9.73 Å². The maximum Gasteiger partial charge on any atom is 0.417 e. The molecule has 0 bridgehead atoms. The number of aromatic amines is 1. The molecule has 2 heterocycles. The summed E-state index contributed by atoms with van der Waals surface area (Å²) in [6, 6.07) is 12.7. The molecule has 2 aromatic heterocycles. The minimum Gasteiger partial charge on any atom is -0.408 e. The summed E-state index contributed by atoms with van der Waals surface area (Å²) >= 11 is 0. The molecule has 148 valence electrons. The predicted molar refractivity (Wildman–Crippen MR) is 109 cm³/mol. The minimum atomic E-state index is -3.85. The first-order valence-corrected chi connectivity index (χ1v) is 10.1. The number of oxazole rings is 1. The van der Waals surface area contributed by atoms with Crippen LogP contribution in [0.5, 0.6) is 0 Å². The molecule has 0 saturated carbocycles. The Hall–Kier alpha value is -3.66. The van der Waals surface area contributed by atoms with E-state index in [1.54, 1.807) is 24.3 Å². The van der Waals surface area contributed by atoms with E-state index in [4.69, 9.17) is 4.42 Å². The summed E-state index contributed by atoms with van der Waals surface area (Å²) in [5.41, 5.74) is 3.39. The van der Waals surface area contributed by atoms with E-state index in [9.17, 15) is 13.2 Å². The van der Waals surface area contributed by atoms with Crippen molar-refractivity contribution < 1.29 is 12.8 Å². The summed E-state index contributed by atoms with van der Waals surface area (Å²) in [6.45, 7) is 3.77. The van der Waals surface area contributed by atoms with Crippen LogP contribution < -0.4 is 15.8 Å². The zero-order valence-corrected chi connectivity index (χ0v) is 16.4. The number of nitrogens with one attached hydrogen (secondary N) is 3. The van der Waals surface area contributed by atoms with Crippen molar-refractivity contribution in [1.82, 2.24) is 15.0 Å². The lowest BCUT2D eigenvalue weighted by Gasteiger charge is -2.10. The number of H-pyrrole nitrogens is 1. The van der Waals surface area contributed by atoms with Crippen LogP contribution in [-0.4, -0.2) is 23.4 Å². The third-order valence-electron chi connectivity index (χ3n) is 4.08. The van der Waals surface area contributed by atoms with Crippen molar-refractivity contribution in [2.45, 2.75) is 18.7 Å². The molecule has 2 aromatic carbocycles. The summed E-state index contributed by atoms with van der Waals surface area (Å²) in [5, 5.41) is 3.08. The first-order valence-electron chi connectivity index (χ1n) is 8.64. The second-order valence-electron chi connectivity index (χ2n) is 6.45. The van der Waals surface area contributed by atoms with Gasteiger partial charge in [-0.1, -0.05) is 0 Å². The number of hydrogen-bond donors (Lipinski definition) is 3. The lowest BCUT2D eigenvalue weighted by molar-refractivity contribution is 0.554. The van der Waals surface area contributed by atoms with Gasteiger partial charge in [-0.05, 0) is 56.3 Å². The van der Waals surface area contributed by atoms with E-state index in [1.807, 2.05) is 19.9 Å². The second-order valence-corrected chi connectivity index (χ2v) is 8.14. The highest BCUT2D eigenvalue weighted by atomic mass is 32.2. The van der Waals surface area contributed by atoms with Crippen molar-refractivity contribution in [1.29, 1.82) is 0 Å². The van der Waals surface area contributed by atoms with Crippen LogP contribution in [0.25, 0.3) is 11.1 Å². The van der Waals surface area contributed by atoms with E-state index in [-0.39, 0.29) is 10.5 Å². The van der Waals surface area contributed by atoms with Gasteiger partial charge in [0.25, 0.3) is 10.0 Å². The Morgan fingerprint density at radius 2 is 1.59 bits per heavy atom. The molecule has 0 amide bonds. The van der Waals surface area contributed by atoms with Crippen molar-refractivity contribution in [2.24, 2.45) is 0 Å². The Morgan fingerprint density at radius 1 is 0.931 bits per heavy atom. The van der Waals surface area contributed by atoms with Crippen molar-refractivity contribution in [2.75, 3.05) is 10.0 Å². The molecule has 0 radical (unpaired) electrons. The predicted octanol–water partition coefficient (Wildman–Crippen LogP) is 3.07. The third-order valence-corrected chi connectivity index (χ3v) is 5.46. The molecule has 10 heteroatoms. The van der Waals surface area contributed by atoms with Crippen LogP contribution in [0, 0.1) is 13.8 Å². The SMILES string of the molecule is Cc1cc(C)nc(Nc2ccc(NS(=O)(=O)c3ccc4[nH]c(=O)oc4c3)cc2)n1. The molecule has 0 spiro atoms. The van der Waals surface area contributed by atoms with E-state index in [0.717, 1.165) is 11.4 Å². The van der Waals surface area contributed by atoms with Gasteiger partial charge >= 0.3 is 5.76 Å². The van der Waals surface area contributed by atoms with Gasteiger partial charge in [0.05, 0.1) is 10.4 Å². The molecule has 3 N–H and O–H groups in total. The zero-order valence-electron chi connectivity index (χ0n) is 15.6. The largest absolute Gasteiger partial charge is 0.417 e. The molecule has 0 atom stereocenters. The maximum absolute atomic E-state index is 12.6. The monoisotopic (exact) mass is 411 g/mol. The van der Waals surface area contributed by atoms with Gasteiger partial charge in [-0.3, -0.25) is 9.71 Å². The standard InChI is InChI=1S/C19H17N5O4S/c1-11-9-12(2)21-18(20-11)22-13-3-5-14(6-4-13)24-29(26,27)15-7-8-16-17(10-15)28-19(25)23-16/h3-10,24H,1-2H3,(H,23,25)(H,20,21,22). The van der Waals surface area contributed by atoms with Crippen molar-refractivity contribution in [3.8, 4) is 0 Å². The Kier molecular flexibility index (Phi) is 4.55. The van der Waals surface area contributed by atoms with E-state index in [2.05, 4.69) is 25.0 Å². The highest BCUT2D eigenvalue weighted by Crippen LogP contribution is 2.22. The van der Waals surface area contributed by atoms with Gasteiger partial charge in [-0.2, -0.15) is 0 Å². The third kappa shape index (κ3) is 4.11. The topological polar surface area (TPSA) is 130 Å². The van der Waals surface area contributed by atoms with E-state index >= 15 is 0 Å². The summed E-state index contributed by atoms with van der Waals surface area (Å²) in [6.07, 6.45) is 0. The highest BCUT2D eigenvalue weighted by Gasteiger charge is 2.16. The second kappa shape index (κ2) is 7.06. The number of aromatic nitrogens is 3. The van der Waals surface area contributed by atoms with Crippen LogP contribution in [0.15, 0.2) is 62.6 Å². The number of anilines is 3. The number of benzene rings is 2. The molecule has 0 fully saturated rings. The number of hydrogen-bond acceptors (Lipinski definition) is 7. The molecular formula is C19H17N5O4S. The first-order chi connectivity index (χ1) is 13.8. The first kappa shape index (κ1) is 18.7. The molecule has 0 aliphatic carbocycles. The van der Waals surface area contributed by atoms with Crippen LogP contribution >= 0.6 is 0 Å². The Bertz CT molecular complexity index is 1340. The van der Waals surface area contributed by atoms with E-state index in [0.29, 0.717) is 22.8 Å². The molecule has 4 aromatic rings. The Balaban J connectivity index is 1.53. The fraction of sp³-hybridized carbons (Fsp3) is 0.105. The van der Waals surface area contributed by atoms with Crippen molar-refractivity contribution >= 4 is 38.4 Å².